The predicted molar refractivity (Wildman–Crippen MR) is 77.0 cm³/mol. The summed E-state index contributed by atoms with van der Waals surface area (Å²) in [7, 11) is 0. The molecule has 0 amide bonds. The highest BCUT2D eigenvalue weighted by atomic mass is 16.5. The van der Waals surface area contributed by atoms with E-state index in [1.165, 1.54) is 10.6 Å². The highest BCUT2D eigenvalue weighted by molar-refractivity contribution is 5.72. The highest BCUT2D eigenvalue weighted by Crippen LogP contribution is 2.22. The van der Waals surface area contributed by atoms with Crippen LogP contribution in [-0.2, 0) is 16.1 Å². The molecule has 2 heterocycles. The van der Waals surface area contributed by atoms with Gasteiger partial charge in [0.05, 0.1) is 25.5 Å². The smallest absolute Gasteiger partial charge is 0.329 e. The van der Waals surface area contributed by atoms with Gasteiger partial charge in [0.2, 0.25) is 5.43 Å². The minimum absolute atomic E-state index is 0.202. The lowest BCUT2D eigenvalue weighted by molar-refractivity contribution is -0.142. The Morgan fingerprint density at radius 2 is 2.05 bits per heavy atom. The zero-order chi connectivity index (χ0) is 16.3. The summed E-state index contributed by atoms with van der Waals surface area (Å²) in [5.41, 5.74) is 0.0277. The zero-order valence-electron chi connectivity index (χ0n) is 12.4. The van der Waals surface area contributed by atoms with Crippen LogP contribution in [0, 0.1) is 6.92 Å². The van der Waals surface area contributed by atoms with Crippen molar-refractivity contribution in [3.63, 3.8) is 0 Å². The predicted octanol–water partition coefficient (Wildman–Crippen LogP) is -0.687. The molecule has 8 heteroatoms. The summed E-state index contributed by atoms with van der Waals surface area (Å²) in [5.74, 6) is -1.70. The Hall–Kier alpha value is -1.90. The summed E-state index contributed by atoms with van der Waals surface area (Å²) in [6.45, 7) is 3.49. The molecule has 122 valence electrons. The van der Waals surface area contributed by atoms with Gasteiger partial charge in [0.25, 0.3) is 0 Å². The van der Waals surface area contributed by atoms with E-state index in [9.17, 15) is 24.9 Å². The topological polar surface area (TPSA) is 112 Å². The van der Waals surface area contributed by atoms with Crippen LogP contribution in [0.25, 0.3) is 0 Å². The normalized spacial score (nSPS) is 17.4. The standard InChI is InChI=1S/C14H20N2O6/c1-9-6-12(18)13(19)10(7-15-2-4-22-5-3-15)16(9)11(8-17)14(20)21/h6,11,17,19H,2-5,7-8H2,1H3,(H,20,21). The van der Waals surface area contributed by atoms with Crippen molar-refractivity contribution < 1.29 is 24.9 Å². The maximum atomic E-state index is 11.8. The Bertz CT molecular complexity index is 606. The van der Waals surface area contributed by atoms with Crippen molar-refractivity contribution in [2.45, 2.75) is 19.5 Å². The Morgan fingerprint density at radius 1 is 1.41 bits per heavy atom. The first-order valence-corrected chi connectivity index (χ1v) is 7.03. The molecular weight excluding hydrogens is 292 g/mol. The number of hydrogen-bond acceptors (Lipinski definition) is 6. The number of aromatic nitrogens is 1. The van der Waals surface area contributed by atoms with Gasteiger partial charge in [-0.1, -0.05) is 0 Å². The molecule has 1 aromatic rings. The molecule has 1 aliphatic rings. The minimum Gasteiger partial charge on any atom is -0.503 e. The van der Waals surface area contributed by atoms with Crippen LogP contribution in [0.5, 0.6) is 5.75 Å². The summed E-state index contributed by atoms with van der Waals surface area (Å²) in [4.78, 5) is 25.1. The Balaban J connectivity index is 2.48. The van der Waals surface area contributed by atoms with Crippen molar-refractivity contribution in [2.75, 3.05) is 32.9 Å². The average molecular weight is 312 g/mol. The molecule has 1 fully saturated rings. The number of aliphatic carboxylic acids is 1. The number of aliphatic hydroxyl groups is 1. The average Bonchev–Trinajstić information content (AvgIpc) is 2.49. The number of pyridine rings is 1. The molecule has 0 bridgehead atoms. The van der Waals surface area contributed by atoms with Crippen molar-refractivity contribution in [1.82, 2.24) is 9.47 Å². The Labute approximate surface area is 127 Å². The van der Waals surface area contributed by atoms with Gasteiger partial charge >= 0.3 is 5.97 Å². The van der Waals surface area contributed by atoms with Crippen LogP contribution in [-0.4, -0.2) is 63.7 Å². The number of rotatable bonds is 5. The first kappa shape index (κ1) is 16.5. The van der Waals surface area contributed by atoms with Crippen LogP contribution in [0.4, 0.5) is 0 Å². The van der Waals surface area contributed by atoms with Crippen molar-refractivity contribution in [3.05, 3.63) is 27.7 Å². The second kappa shape index (κ2) is 6.91. The van der Waals surface area contributed by atoms with Gasteiger partial charge < -0.3 is 24.6 Å². The molecule has 3 N–H and O–H groups in total. The van der Waals surface area contributed by atoms with Crippen molar-refractivity contribution in [1.29, 1.82) is 0 Å². The largest absolute Gasteiger partial charge is 0.503 e. The molecule has 0 aliphatic carbocycles. The fourth-order valence-electron chi connectivity index (χ4n) is 2.62. The molecule has 1 atom stereocenters. The summed E-state index contributed by atoms with van der Waals surface area (Å²) >= 11 is 0. The Kier molecular flexibility index (Phi) is 5.17. The SMILES string of the molecule is Cc1cc(=O)c(O)c(CN2CCOCC2)n1C(CO)C(=O)O. The second-order valence-electron chi connectivity index (χ2n) is 5.24. The number of carboxylic acids is 1. The molecule has 0 saturated carbocycles. The number of aromatic hydroxyl groups is 1. The molecule has 1 unspecified atom stereocenters. The van der Waals surface area contributed by atoms with E-state index in [0.717, 1.165) is 0 Å². The highest BCUT2D eigenvalue weighted by Gasteiger charge is 2.26. The first-order chi connectivity index (χ1) is 10.5. The van der Waals surface area contributed by atoms with Gasteiger partial charge in [-0.15, -0.1) is 0 Å². The lowest BCUT2D eigenvalue weighted by Crippen LogP contribution is -2.38. The molecule has 1 aromatic heterocycles. The Morgan fingerprint density at radius 3 is 2.59 bits per heavy atom. The van der Waals surface area contributed by atoms with E-state index in [4.69, 9.17) is 4.74 Å². The number of morpholine rings is 1. The third-order valence-electron chi connectivity index (χ3n) is 3.76. The fourth-order valence-corrected chi connectivity index (χ4v) is 2.62. The minimum atomic E-state index is -1.25. The van der Waals surface area contributed by atoms with Gasteiger partial charge in [-0.25, -0.2) is 4.79 Å². The first-order valence-electron chi connectivity index (χ1n) is 7.03. The molecule has 0 aromatic carbocycles. The van der Waals surface area contributed by atoms with Crippen LogP contribution in [0.2, 0.25) is 0 Å². The van der Waals surface area contributed by atoms with E-state index in [1.54, 1.807) is 6.92 Å². The van der Waals surface area contributed by atoms with Crippen LogP contribution < -0.4 is 5.43 Å². The van der Waals surface area contributed by atoms with E-state index in [1.807, 2.05) is 4.90 Å². The van der Waals surface area contributed by atoms with Crippen molar-refractivity contribution >= 4 is 5.97 Å². The van der Waals surface area contributed by atoms with Gasteiger partial charge in [0, 0.05) is 31.4 Å². The lowest BCUT2D eigenvalue weighted by Gasteiger charge is -2.30. The second-order valence-corrected chi connectivity index (χ2v) is 5.24. The molecule has 0 radical (unpaired) electrons. The summed E-state index contributed by atoms with van der Waals surface area (Å²) in [6.07, 6.45) is 0. The van der Waals surface area contributed by atoms with Crippen molar-refractivity contribution in [3.8, 4) is 5.75 Å². The van der Waals surface area contributed by atoms with Crippen LogP contribution in [0.3, 0.4) is 0 Å². The molecular formula is C14H20N2O6. The van der Waals surface area contributed by atoms with Crippen LogP contribution in [0.1, 0.15) is 17.4 Å². The summed E-state index contributed by atoms with van der Waals surface area (Å²) in [6, 6.07) is -0.0773. The van der Waals surface area contributed by atoms with Gasteiger partial charge in [-0.05, 0) is 6.92 Å². The monoisotopic (exact) mass is 312 g/mol. The van der Waals surface area contributed by atoms with E-state index >= 15 is 0 Å². The van der Waals surface area contributed by atoms with E-state index < -0.39 is 29.8 Å². The van der Waals surface area contributed by atoms with Gasteiger partial charge in [0.1, 0.15) is 0 Å². The third kappa shape index (κ3) is 3.29. The maximum absolute atomic E-state index is 11.8. The number of carboxylic acid groups (broad SMARTS) is 1. The number of carbonyl (C=O) groups is 1. The lowest BCUT2D eigenvalue weighted by atomic mass is 10.1. The van der Waals surface area contributed by atoms with Gasteiger partial charge in [0.15, 0.2) is 11.8 Å². The summed E-state index contributed by atoms with van der Waals surface area (Å²) < 4.78 is 6.56. The molecule has 1 aliphatic heterocycles. The molecule has 22 heavy (non-hydrogen) atoms. The molecule has 0 spiro atoms. The molecule has 2 rings (SSSR count). The van der Waals surface area contributed by atoms with Gasteiger partial charge in [-0.2, -0.15) is 0 Å². The zero-order valence-corrected chi connectivity index (χ0v) is 12.4. The van der Waals surface area contributed by atoms with E-state index in [2.05, 4.69) is 0 Å². The van der Waals surface area contributed by atoms with Gasteiger partial charge in [-0.3, -0.25) is 9.69 Å². The number of ether oxygens (including phenoxy) is 1. The maximum Gasteiger partial charge on any atom is 0.329 e. The van der Waals surface area contributed by atoms with Crippen molar-refractivity contribution in [2.24, 2.45) is 0 Å². The fraction of sp³-hybridized carbons (Fsp3) is 0.571. The number of hydrogen-bond donors (Lipinski definition) is 3. The summed E-state index contributed by atoms with van der Waals surface area (Å²) in [5, 5.41) is 28.7. The molecule has 1 saturated heterocycles. The number of aliphatic hydroxyl groups excluding tert-OH is 1. The van der Waals surface area contributed by atoms with E-state index in [-0.39, 0.29) is 12.2 Å². The van der Waals surface area contributed by atoms with E-state index in [0.29, 0.717) is 32.0 Å². The quantitative estimate of drug-likeness (QED) is 0.660. The van der Waals surface area contributed by atoms with Crippen LogP contribution >= 0.6 is 0 Å². The van der Waals surface area contributed by atoms with Crippen LogP contribution in [0.15, 0.2) is 10.9 Å². The molecule has 8 nitrogen and oxygen atoms in total. The number of nitrogens with zero attached hydrogens (tertiary/aromatic N) is 2. The third-order valence-corrected chi connectivity index (χ3v) is 3.76. The number of aryl methyl sites for hydroxylation is 1.